The number of fused-ring (bicyclic) bond motifs is 2. The van der Waals surface area contributed by atoms with E-state index < -0.39 is 30.6 Å². The molecule has 29 nitrogen and oxygen atoms in total. The number of nitrogens with zero attached hydrogens (tertiary/aromatic N) is 7. The number of anilines is 2. The topological polar surface area (TPSA) is 388 Å². The SMILES string of the molecule is C=C(NC)c1ncn([C@H]2O[C@@H](CO)[C@H](O)[C@H]2OC)n1.CC[C@H]1O[C@@H](C)[C@H](C)[C@@H]1C.CC[C@H]1O[C@@H](C)[C@H](OC)[C@@H]1C.CC[C@H]1O[C@@H](C)[C@H](OC)[C@@H]1C.COC1CN(Cc2c[nH]c3c(=O)[nH]c(N)nc23)CC1CO.COC1CN(Cc2c[nH]c3c(=O)[nH]c(N)nc23)CC1O. The summed E-state index contributed by atoms with van der Waals surface area (Å²) in [6, 6.07) is 0. The van der Waals surface area contributed by atoms with Crippen LogP contribution in [-0.4, -0.2) is 242 Å². The molecule has 0 radical (unpaired) electrons. The molecule has 13 N–H and O–H groups in total. The van der Waals surface area contributed by atoms with Gasteiger partial charge in [-0.3, -0.25) is 29.4 Å². The number of H-pyrrole nitrogens is 4. The van der Waals surface area contributed by atoms with Crippen LogP contribution in [0.4, 0.5) is 11.9 Å². The lowest BCUT2D eigenvalue weighted by molar-refractivity contribution is -0.0665. The first-order chi connectivity index (χ1) is 43.9. The minimum Gasteiger partial charge on any atom is -0.396 e. The molecule has 6 aliphatic heterocycles. The number of rotatable bonds is 17. The maximum absolute atomic E-state index is 11.8. The Morgan fingerprint density at radius 2 is 1.10 bits per heavy atom. The number of aliphatic hydroxyl groups excluding tert-OH is 4. The first-order valence-corrected chi connectivity index (χ1v) is 32.2. The summed E-state index contributed by atoms with van der Waals surface area (Å²) in [5.74, 6) is 3.33. The van der Waals surface area contributed by atoms with Crippen molar-refractivity contribution in [2.75, 3.05) is 93.5 Å². The van der Waals surface area contributed by atoms with Gasteiger partial charge in [0.1, 0.15) is 46.7 Å². The summed E-state index contributed by atoms with van der Waals surface area (Å²) in [5, 5.41) is 45.3. The number of methoxy groups -OCH3 is 5. The average molecular weight is 1300 g/mol. The van der Waals surface area contributed by atoms with Crippen LogP contribution in [0.2, 0.25) is 0 Å². The molecule has 4 unspecified atom stereocenters. The smallest absolute Gasteiger partial charge is 0.276 e. The number of likely N-dealkylation sites (tertiary alicyclic amines) is 2. The molecule has 0 bridgehead atoms. The first kappa shape index (κ1) is 75.5. The maximum Gasteiger partial charge on any atom is 0.276 e. The van der Waals surface area contributed by atoms with Crippen LogP contribution in [-0.2, 0) is 55.7 Å². The van der Waals surface area contributed by atoms with Crippen molar-refractivity contribution < 1.29 is 63.1 Å². The molecule has 0 spiro atoms. The highest BCUT2D eigenvalue weighted by Crippen LogP contribution is 2.35. The molecule has 11 rings (SSSR count). The van der Waals surface area contributed by atoms with Crippen molar-refractivity contribution in [1.82, 2.24) is 59.8 Å². The van der Waals surface area contributed by atoms with E-state index in [0.29, 0.717) is 108 Å². The van der Waals surface area contributed by atoms with Crippen molar-refractivity contribution in [2.45, 2.75) is 193 Å². The molecule has 520 valence electrons. The van der Waals surface area contributed by atoms with Crippen molar-refractivity contribution >= 4 is 39.7 Å². The van der Waals surface area contributed by atoms with E-state index in [1.807, 2.05) is 0 Å². The van der Waals surface area contributed by atoms with Gasteiger partial charge >= 0.3 is 0 Å². The van der Waals surface area contributed by atoms with Gasteiger partial charge in [0.15, 0.2) is 12.1 Å². The third-order valence-electron chi connectivity index (χ3n) is 19.0. The fourth-order valence-electron chi connectivity index (χ4n) is 13.3. The maximum atomic E-state index is 11.8. The summed E-state index contributed by atoms with van der Waals surface area (Å²) >= 11 is 0. The molecule has 0 aromatic carbocycles. The van der Waals surface area contributed by atoms with Gasteiger partial charge in [-0.2, -0.15) is 0 Å². The van der Waals surface area contributed by atoms with Gasteiger partial charge in [-0.1, -0.05) is 55.0 Å². The highest BCUT2D eigenvalue weighted by Gasteiger charge is 2.46. The second-order valence-corrected chi connectivity index (χ2v) is 24.8. The minimum atomic E-state index is -0.917. The molecule has 29 heteroatoms. The van der Waals surface area contributed by atoms with Gasteiger partial charge in [-0.25, -0.2) is 19.6 Å². The van der Waals surface area contributed by atoms with Crippen molar-refractivity contribution in [2.24, 2.45) is 29.6 Å². The molecule has 6 aliphatic rings. The van der Waals surface area contributed by atoms with Gasteiger partial charge in [0.2, 0.25) is 11.9 Å². The summed E-state index contributed by atoms with van der Waals surface area (Å²) in [7, 11) is 9.96. The Labute approximate surface area is 539 Å². The predicted molar refractivity (Wildman–Crippen MR) is 349 cm³/mol. The van der Waals surface area contributed by atoms with Crippen LogP contribution in [0.5, 0.6) is 0 Å². The van der Waals surface area contributed by atoms with Gasteiger partial charge in [0.05, 0.1) is 79.4 Å². The van der Waals surface area contributed by atoms with E-state index in [0.717, 1.165) is 55.3 Å². The molecule has 5 aromatic heterocycles. The minimum absolute atomic E-state index is 0.0293. The van der Waals surface area contributed by atoms with E-state index in [2.05, 4.69) is 131 Å². The van der Waals surface area contributed by atoms with E-state index in [1.165, 1.54) is 18.1 Å². The van der Waals surface area contributed by atoms with Crippen LogP contribution in [0.15, 0.2) is 34.9 Å². The Bertz CT molecular complexity index is 3100. The zero-order chi connectivity index (χ0) is 67.8. The molecule has 11 heterocycles. The third-order valence-corrected chi connectivity index (χ3v) is 19.0. The van der Waals surface area contributed by atoms with Gasteiger partial charge in [-0.05, 0) is 51.9 Å². The molecular formula is C63H108N14O15. The average Bonchev–Trinajstić information content (AvgIpc) is 1.74. The van der Waals surface area contributed by atoms with E-state index in [-0.39, 0.29) is 66.6 Å². The van der Waals surface area contributed by atoms with Crippen LogP contribution in [0.25, 0.3) is 27.8 Å². The molecule has 6 fully saturated rings. The van der Waals surface area contributed by atoms with Gasteiger partial charge in [0, 0.05) is 130 Å². The lowest BCUT2D eigenvalue weighted by atomic mass is 9.90. The van der Waals surface area contributed by atoms with Gasteiger partial charge in [0.25, 0.3) is 11.1 Å². The Hall–Kier alpha value is -5.48. The van der Waals surface area contributed by atoms with Crippen LogP contribution < -0.4 is 27.9 Å². The molecular weight excluding hydrogens is 1190 g/mol. The number of hydrogen-bond donors (Lipinski definition) is 11. The molecule has 6 saturated heterocycles. The molecule has 5 aromatic rings. The van der Waals surface area contributed by atoms with Gasteiger partial charge < -0.3 is 89.8 Å². The Morgan fingerprint density at radius 1 is 0.630 bits per heavy atom. The van der Waals surface area contributed by atoms with Crippen molar-refractivity contribution in [1.29, 1.82) is 0 Å². The quantitative estimate of drug-likeness (QED) is 0.0637. The van der Waals surface area contributed by atoms with E-state index >= 15 is 0 Å². The fraction of sp³-hybridized carbons (Fsp3) is 0.746. The lowest BCUT2D eigenvalue weighted by Crippen LogP contribution is -2.34. The molecule has 20 atom stereocenters. The standard InChI is InChI=1S/C13H19N5O3.C12H17N5O3.C11H18N4O4.2C9H18O2.C9H18O/c1-21-9-5-18(4-8(9)6-19)3-7-2-15-11-10(7)16-13(14)17-12(11)20;1-20-8-5-17(4-7(8)18)3-6-2-14-10-9(6)15-12(13)16-11(10)19;1-6(12-2)10-13-5-15(14-10)11-9(18-3)8(17)7(4-16)19-11;2*1-5-8-6(2)9(10-4)7(3)11-8;1-5-9-7(3)6(2)8(4)10-9/h2,8-9,15,19H,3-6H2,1H3,(H3,14,16,17,20);2,7-8,14,18H,3-5H2,1H3,(H3,13,15,16,19);5,7-9,11-12,16-17H,1,4H2,2-3H3;2*6-9H,5H2,1-4H3;6-9H,5H2,1-4H3/t;;7-,8-,9+,11-;2*6-,7+,8-,9-;6-,7+,8+,9-/m..0111/s1. The Balaban J connectivity index is 0.000000180. The predicted octanol–water partition coefficient (Wildman–Crippen LogP) is 3.16. The number of nitrogen functional groups attached to an aromatic ring is 2. The zero-order valence-electron chi connectivity index (χ0n) is 56.8. The number of nitrogens with two attached hydrogens (primary N) is 2. The summed E-state index contributed by atoms with van der Waals surface area (Å²) < 4.78 is 50.6. The van der Waals surface area contributed by atoms with Crippen LogP contribution in [0, 0.1) is 29.6 Å². The number of ether oxygens (including phenoxy) is 9. The Kier molecular flexibility index (Phi) is 29.0. The summed E-state index contributed by atoms with van der Waals surface area (Å²) in [4.78, 5) is 50.9. The number of aromatic nitrogens is 9. The first-order valence-electron chi connectivity index (χ1n) is 32.2. The third kappa shape index (κ3) is 18.3. The van der Waals surface area contributed by atoms with E-state index in [4.69, 9.17) is 59.2 Å². The number of β-amino-alcohol motifs (C(OH)–C–C–N with tert-alkyl or cyclic N) is 1. The Morgan fingerprint density at radius 3 is 1.47 bits per heavy atom. The second kappa shape index (κ2) is 35.3. The zero-order valence-corrected chi connectivity index (χ0v) is 56.8. The van der Waals surface area contributed by atoms with Gasteiger partial charge in [-0.15, -0.1) is 5.10 Å². The van der Waals surface area contributed by atoms with E-state index in [9.17, 15) is 24.9 Å². The summed E-state index contributed by atoms with van der Waals surface area (Å²) in [6.07, 6.45) is 7.73. The fourth-order valence-corrected chi connectivity index (χ4v) is 13.3. The lowest BCUT2D eigenvalue weighted by Gasteiger charge is -2.18. The molecule has 92 heavy (non-hydrogen) atoms. The van der Waals surface area contributed by atoms with Crippen molar-refractivity contribution in [3.63, 3.8) is 0 Å². The van der Waals surface area contributed by atoms with Crippen molar-refractivity contribution in [3.8, 4) is 0 Å². The van der Waals surface area contributed by atoms with Crippen LogP contribution >= 0.6 is 0 Å². The second-order valence-electron chi connectivity index (χ2n) is 24.8. The molecule has 0 saturated carbocycles. The highest BCUT2D eigenvalue weighted by molar-refractivity contribution is 5.79. The number of aliphatic hydroxyl groups is 4. The summed E-state index contributed by atoms with van der Waals surface area (Å²) in [5.41, 5.74) is 15.0. The highest BCUT2D eigenvalue weighted by atomic mass is 16.6. The largest absolute Gasteiger partial charge is 0.396 e. The molecule has 0 aliphatic carbocycles. The van der Waals surface area contributed by atoms with Crippen molar-refractivity contribution in [3.05, 3.63) is 63.0 Å². The number of aromatic amines is 4. The van der Waals surface area contributed by atoms with Crippen LogP contribution in [0.1, 0.15) is 112 Å². The normalized spacial score (nSPS) is 32.7. The molecule has 0 amide bonds. The van der Waals surface area contributed by atoms with E-state index in [1.54, 1.807) is 47.9 Å². The summed E-state index contributed by atoms with van der Waals surface area (Å²) in [6.45, 7) is 29.3. The number of hydrogen-bond acceptors (Lipinski definition) is 24. The van der Waals surface area contributed by atoms with Crippen LogP contribution in [0.3, 0.4) is 0 Å². The monoisotopic (exact) mass is 1300 g/mol. The number of nitrogens with one attached hydrogen (secondary N) is 5.